The quantitative estimate of drug-likeness (QED) is 0.650. The predicted octanol–water partition coefficient (Wildman–Crippen LogP) is 3.98. The molecule has 142 valence electrons. The Morgan fingerprint density at radius 3 is 2.16 bits per heavy atom. The Morgan fingerprint density at radius 2 is 1.72 bits per heavy atom. The van der Waals surface area contributed by atoms with Gasteiger partial charge in [-0.15, -0.1) is 0 Å². The topological polar surface area (TPSA) is 63.7 Å². The summed E-state index contributed by atoms with van der Waals surface area (Å²) in [4.78, 5) is 14.6. The minimum Gasteiger partial charge on any atom is -0.382 e. The van der Waals surface area contributed by atoms with E-state index in [0.717, 1.165) is 12.0 Å². The maximum absolute atomic E-state index is 12.7. The number of carbonyl (C=O) groups is 1. The molecule has 6 heteroatoms. The minimum atomic E-state index is -3.52. The molecule has 0 N–H and O–H groups in total. The van der Waals surface area contributed by atoms with Gasteiger partial charge in [0, 0.05) is 19.0 Å². The van der Waals surface area contributed by atoms with Crippen molar-refractivity contribution in [1.29, 1.82) is 0 Å². The lowest BCUT2D eigenvalue weighted by Gasteiger charge is -2.31. The van der Waals surface area contributed by atoms with Gasteiger partial charge in [0.2, 0.25) is 5.91 Å². The number of hydrogen-bond acceptors (Lipinski definition) is 4. The molecule has 0 unspecified atom stereocenters. The van der Waals surface area contributed by atoms with E-state index in [1.54, 1.807) is 24.3 Å². The fraction of sp³-hybridized carbons (Fsp3) is 0.632. The van der Waals surface area contributed by atoms with Gasteiger partial charge in [0.15, 0.2) is 0 Å². The molecule has 0 aliphatic heterocycles. The van der Waals surface area contributed by atoms with Gasteiger partial charge < -0.3 is 9.08 Å². The van der Waals surface area contributed by atoms with Crippen molar-refractivity contribution in [3.8, 4) is 5.75 Å². The van der Waals surface area contributed by atoms with Crippen molar-refractivity contribution in [2.45, 2.75) is 67.0 Å². The average Bonchev–Trinajstić information content (AvgIpc) is 2.51. The summed E-state index contributed by atoms with van der Waals surface area (Å²) < 4.78 is 28.0. The fourth-order valence-corrected chi connectivity index (χ4v) is 2.84. The van der Waals surface area contributed by atoms with Gasteiger partial charge in [0.1, 0.15) is 5.75 Å². The molecule has 0 aromatic heterocycles. The lowest BCUT2D eigenvalue weighted by Crippen LogP contribution is -2.39. The van der Waals surface area contributed by atoms with Gasteiger partial charge in [-0.25, -0.2) is 0 Å². The average molecular weight is 370 g/mol. The van der Waals surface area contributed by atoms with Crippen molar-refractivity contribution in [2.24, 2.45) is 5.41 Å². The van der Waals surface area contributed by atoms with Crippen molar-refractivity contribution in [1.82, 2.24) is 4.90 Å². The second kappa shape index (κ2) is 8.70. The molecule has 0 radical (unpaired) electrons. The summed E-state index contributed by atoms with van der Waals surface area (Å²) in [7, 11) is -3.52. The molecule has 5 nitrogen and oxygen atoms in total. The number of hydrogen-bond donors (Lipinski definition) is 0. The van der Waals surface area contributed by atoms with E-state index in [9.17, 15) is 13.2 Å². The molecule has 0 aliphatic rings. The zero-order valence-corrected chi connectivity index (χ0v) is 17.0. The van der Waals surface area contributed by atoms with E-state index in [-0.39, 0.29) is 23.1 Å². The third kappa shape index (κ3) is 7.46. The van der Waals surface area contributed by atoms with Crippen LogP contribution in [-0.4, -0.2) is 31.0 Å². The van der Waals surface area contributed by atoms with E-state index in [0.29, 0.717) is 18.7 Å². The van der Waals surface area contributed by atoms with Crippen LogP contribution in [0.15, 0.2) is 24.3 Å². The van der Waals surface area contributed by atoms with E-state index in [4.69, 9.17) is 4.18 Å². The predicted molar refractivity (Wildman–Crippen MR) is 101 cm³/mol. The van der Waals surface area contributed by atoms with E-state index in [1.807, 2.05) is 11.8 Å². The Hall–Kier alpha value is -1.56. The van der Waals surface area contributed by atoms with Crippen LogP contribution in [0.5, 0.6) is 5.75 Å². The highest BCUT2D eigenvalue weighted by atomic mass is 32.2. The van der Waals surface area contributed by atoms with E-state index < -0.39 is 10.1 Å². The number of benzene rings is 1. The monoisotopic (exact) mass is 369 g/mol. The second-order valence-corrected chi connectivity index (χ2v) is 9.45. The molecule has 0 spiro atoms. The molecule has 0 aliphatic carbocycles. The van der Waals surface area contributed by atoms with Crippen molar-refractivity contribution in [3.63, 3.8) is 0 Å². The summed E-state index contributed by atoms with van der Waals surface area (Å²) in [5.41, 5.74) is 0.887. The smallest absolute Gasteiger partial charge is 0.308 e. The van der Waals surface area contributed by atoms with Gasteiger partial charge in [0.25, 0.3) is 0 Å². The van der Waals surface area contributed by atoms with Crippen LogP contribution in [-0.2, 0) is 21.5 Å². The van der Waals surface area contributed by atoms with Crippen LogP contribution in [0, 0.1) is 5.41 Å². The Morgan fingerprint density at radius 1 is 1.16 bits per heavy atom. The van der Waals surface area contributed by atoms with Gasteiger partial charge in [-0.1, -0.05) is 39.8 Å². The second-order valence-electron chi connectivity index (χ2n) is 7.59. The maximum atomic E-state index is 12.7. The summed E-state index contributed by atoms with van der Waals surface area (Å²) in [6.07, 6.45) is 1.37. The summed E-state index contributed by atoms with van der Waals surface area (Å²) in [5.74, 6) is 0.357. The molecule has 1 aromatic carbocycles. The minimum absolute atomic E-state index is 0.0605. The Bertz CT molecular complexity index is 660. The van der Waals surface area contributed by atoms with Crippen molar-refractivity contribution in [2.75, 3.05) is 5.75 Å². The first-order valence-electron chi connectivity index (χ1n) is 8.78. The number of amides is 1. The lowest BCUT2D eigenvalue weighted by atomic mass is 9.91. The number of nitrogens with zero attached hydrogens (tertiary/aromatic N) is 1. The molecule has 0 fully saturated rings. The van der Waals surface area contributed by atoms with Gasteiger partial charge in [-0.3, -0.25) is 4.79 Å². The van der Waals surface area contributed by atoms with Crippen LogP contribution >= 0.6 is 0 Å². The van der Waals surface area contributed by atoms with Crippen LogP contribution < -0.4 is 4.18 Å². The van der Waals surface area contributed by atoms with Crippen LogP contribution in [0.25, 0.3) is 0 Å². The first kappa shape index (κ1) is 21.5. The molecule has 0 heterocycles. The molecular formula is C19H31NO4S. The van der Waals surface area contributed by atoms with Gasteiger partial charge in [0.05, 0.1) is 5.75 Å². The largest absolute Gasteiger partial charge is 0.382 e. The highest BCUT2D eigenvalue weighted by Crippen LogP contribution is 2.23. The summed E-state index contributed by atoms with van der Waals surface area (Å²) in [5, 5.41) is 0. The van der Waals surface area contributed by atoms with Crippen LogP contribution in [0.3, 0.4) is 0 Å². The Balaban J connectivity index is 2.89. The van der Waals surface area contributed by atoms with E-state index in [1.165, 1.54) is 6.92 Å². The standard InChI is InChI=1S/C19H31NO4S/c1-7-15(3)20(18(21)13-19(4,5)6)14-16-9-11-17(12-10-16)24-25(22,23)8-2/h9-12,15H,7-8,13-14H2,1-6H3/t15-/m1/s1. The van der Waals surface area contributed by atoms with Gasteiger partial charge in [-0.05, 0) is 43.4 Å². The maximum Gasteiger partial charge on any atom is 0.308 e. The summed E-state index contributed by atoms with van der Waals surface area (Å²) in [6.45, 7) is 12.3. The molecular weight excluding hydrogens is 338 g/mol. The van der Waals surface area contributed by atoms with E-state index in [2.05, 4.69) is 27.7 Å². The highest BCUT2D eigenvalue weighted by Gasteiger charge is 2.24. The SMILES string of the molecule is CC[C@@H](C)N(Cc1ccc(OS(=O)(=O)CC)cc1)C(=O)CC(C)(C)C. The molecule has 1 amide bonds. The highest BCUT2D eigenvalue weighted by molar-refractivity contribution is 7.87. The Labute approximate surface area is 152 Å². The first-order valence-corrected chi connectivity index (χ1v) is 10.4. The molecule has 1 atom stereocenters. The summed E-state index contributed by atoms with van der Waals surface area (Å²) in [6, 6.07) is 7.02. The number of carbonyl (C=O) groups excluding carboxylic acids is 1. The van der Waals surface area contributed by atoms with Crippen LogP contribution in [0.2, 0.25) is 0 Å². The third-order valence-electron chi connectivity index (χ3n) is 3.98. The molecule has 1 rings (SSSR count). The number of rotatable bonds is 8. The molecule has 0 saturated carbocycles. The molecule has 0 bridgehead atoms. The fourth-order valence-electron chi connectivity index (χ4n) is 2.32. The van der Waals surface area contributed by atoms with Crippen molar-refractivity contribution in [3.05, 3.63) is 29.8 Å². The van der Waals surface area contributed by atoms with Crippen molar-refractivity contribution < 1.29 is 17.4 Å². The Kier molecular flexibility index (Phi) is 7.47. The summed E-state index contributed by atoms with van der Waals surface area (Å²) >= 11 is 0. The first-order chi connectivity index (χ1) is 11.5. The molecule has 1 aromatic rings. The lowest BCUT2D eigenvalue weighted by molar-refractivity contribution is -0.135. The molecule has 25 heavy (non-hydrogen) atoms. The van der Waals surface area contributed by atoms with Crippen LogP contribution in [0.4, 0.5) is 0 Å². The van der Waals surface area contributed by atoms with Crippen molar-refractivity contribution >= 4 is 16.0 Å². The zero-order chi connectivity index (χ0) is 19.3. The van der Waals surface area contributed by atoms with E-state index >= 15 is 0 Å². The van der Waals surface area contributed by atoms with Crippen LogP contribution in [0.1, 0.15) is 59.9 Å². The third-order valence-corrected chi connectivity index (χ3v) is 5.13. The van der Waals surface area contributed by atoms with Gasteiger partial charge in [-0.2, -0.15) is 8.42 Å². The van der Waals surface area contributed by atoms with Gasteiger partial charge >= 0.3 is 10.1 Å². The normalized spacial score (nSPS) is 13.4. The molecule has 0 saturated heterocycles. The zero-order valence-electron chi connectivity index (χ0n) is 16.2.